The molecule has 1 saturated heterocycles. The van der Waals surface area contributed by atoms with Gasteiger partial charge in [0.05, 0.1) is 12.8 Å². The van der Waals surface area contributed by atoms with Crippen LogP contribution in [-0.2, 0) is 20.8 Å². The zero-order chi connectivity index (χ0) is 11.8. The molecule has 1 atom stereocenters. The maximum Gasteiger partial charge on any atom is 0.325 e. The van der Waals surface area contributed by atoms with Gasteiger partial charge in [0, 0.05) is 0 Å². The van der Waals surface area contributed by atoms with E-state index in [1.165, 1.54) is 4.68 Å². The summed E-state index contributed by atoms with van der Waals surface area (Å²) in [5.41, 5.74) is 0.590. The van der Waals surface area contributed by atoms with E-state index >= 15 is 0 Å². The Morgan fingerprint density at radius 2 is 2.50 bits per heavy atom. The lowest BCUT2D eigenvalue weighted by molar-refractivity contribution is -0.139. The van der Waals surface area contributed by atoms with Crippen molar-refractivity contribution < 1.29 is 19.4 Å². The fourth-order valence-corrected chi connectivity index (χ4v) is 1.51. The minimum absolute atomic E-state index is 0.204. The van der Waals surface area contributed by atoms with E-state index in [1.54, 1.807) is 6.20 Å². The number of hydrogen-bond donors (Lipinski definition) is 1. The van der Waals surface area contributed by atoms with E-state index in [1.807, 2.05) is 13.8 Å². The number of carbonyl (C=O) groups is 1. The van der Waals surface area contributed by atoms with Gasteiger partial charge in [-0.05, 0) is 13.8 Å². The molecule has 16 heavy (non-hydrogen) atoms. The van der Waals surface area contributed by atoms with Gasteiger partial charge in [-0.2, -0.15) is 0 Å². The molecule has 7 heteroatoms. The van der Waals surface area contributed by atoms with E-state index in [4.69, 9.17) is 14.6 Å². The molecular formula is C9H13N3O4. The third-order valence-corrected chi connectivity index (χ3v) is 2.19. The van der Waals surface area contributed by atoms with Crippen molar-refractivity contribution in [3.8, 4) is 0 Å². The standard InChI is InChI=1S/C9H13N3O4/c1-9(2)15-5-7(16-9)6-3-12(11-10-6)4-8(13)14/h3,7H,4-5H2,1-2H3,(H,13,14). The van der Waals surface area contributed by atoms with Gasteiger partial charge in [0.2, 0.25) is 0 Å². The van der Waals surface area contributed by atoms with Crippen LogP contribution in [0.25, 0.3) is 0 Å². The summed E-state index contributed by atoms with van der Waals surface area (Å²) in [5.74, 6) is -1.58. The van der Waals surface area contributed by atoms with Crippen molar-refractivity contribution in [3.63, 3.8) is 0 Å². The Kier molecular flexibility index (Phi) is 2.64. The second kappa shape index (κ2) is 3.84. The number of ether oxygens (including phenoxy) is 2. The number of aromatic nitrogens is 3. The molecule has 1 N–H and O–H groups in total. The predicted octanol–water partition coefficient (Wildman–Crippen LogP) is 0.187. The van der Waals surface area contributed by atoms with Crippen LogP contribution >= 0.6 is 0 Å². The summed E-state index contributed by atoms with van der Waals surface area (Å²) in [7, 11) is 0. The highest BCUT2D eigenvalue weighted by Gasteiger charge is 2.35. The van der Waals surface area contributed by atoms with Crippen LogP contribution < -0.4 is 0 Å². The van der Waals surface area contributed by atoms with Crippen LogP contribution in [0, 0.1) is 0 Å². The Labute approximate surface area is 92.0 Å². The molecule has 1 aromatic heterocycles. The molecule has 1 fully saturated rings. The predicted molar refractivity (Wildman–Crippen MR) is 51.5 cm³/mol. The molecule has 2 rings (SSSR count). The molecule has 0 amide bonds. The fourth-order valence-electron chi connectivity index (χ4n) is 1.51. The van der Waals surface area contributed by atoms with Gasteiger partial charge >= 0.3 is 5.97 Å². The van der Waals surface area contributed by atoms with Crippen molar-refractivity contribution in [2.75, 3.05) is 6.61 Å². The number of carboxylic acid groups (broad SMARTS) is 1. The van der Waals surface area contributed by atoms with Crippen molar-refractivity contribution in [3.05, 3.63) is 11.9 Å². The van der Waals surface area contributed by atoms with Crippen molar-refractivity contribution in [2.45, 2.75) is 32.3 Å². The molecule has 0 aliphatic carbocycles. The van der Waals surface area contributed by atoms with Gasteiger partial charge in [0.15, 0.2) is 5.79 Å². The van der Waals surface area contributed by atoms with Crippen LogP contribution in [0.5, 0.6) is 0 Å². The van der Waals surface area contributed by atoms with Gasteiger partial charge in [-0.25, -0.2) is 4.68 Å². The van der Waals surface area contributed by atoms with Gasteiger partial charge < -0.3 is 14.6 Å². The van der Waals surface area contributed by atoms with E-state index in [-0.39, 0.29) is 12.6 Å². The highest BCUT2D eigenvalue weighted by Crippen LogP contribution is 2.31. The molecule has 2 heterocycles. The van der Waals surface area contributed by atoms with Crippen LogP contribution in [-0.4, -0.2) is 38.5 Å². The Bertz CT molecular complexity index is 401. The lowest BCUT2D eigenvalue weighted by Gasteiger charge is -2.15. The molecule has 1 unspecified atom stereocenters. The SMILES string of the molecule is CC1(C)OCC(c2cn(CC(=O)O)nn2)O1. The summed E-state index contributed by atoms with van der Waals surface area (Å²) in [6, 6.07) is 0. The molecule has 0 aromatic carbocycles. The molecule has 7 nitrogen and oxygen atoms in total. The number of aliphatic carboxylic acids is 1. The highest BCUT2D eigenvalue weighted by atomic mass is 16.7. The molecule has 1 aliphatic heterocycles. The maximum absolute atomic E-state index is 10.5. The lowest BCUT2D eigenvalue weighted by Crippen LogP contribution is -2.19. The van der Waals surface area contributed by atoms with Crippen LogP contribution in [0.1, 0.15) is 25.6 Å². The summed E-state index contributed by atoms with van der Waals surface area (Å²) in [6.07, 6.45) is 1.28. The minimum Gasteiger partial charge on any atom is -0.480 e. The molecular weight excluding hydrogens is 214 g/mol. The summed E-state index contributed by atoms with van der Waals surface area (Å²) < 4.78 is 12.2. The Hall–Kier alpha value is -1.47. The van der Waals surface area contributed by atoms with Crippen LogP contribution in [0.3, 0.4) is 0 Å². The lowest BCUT2D eigenvalue weighted by atomic mass is 10.3. The first-order valence-corrected chi connectivity index (χ1v) is 4.90. The highest BCUT2D eigenvalue weighted by molar-refractivity contribution is 5.66. The molecule has 0 radical (unpaired) electrons. The Morgan fingerprint density at radius 3 is 3.06 bits per heavy atom. The summed E-state index contributed by atoms with van der Waals surface area (Å²) >= 11 is 0. The minimum atomic E-state index is -0.958. The van der Waals surface area contributed by atoms with Crippen LogP contribution in [0.15, 0.2) is 6.20 Å². The monoisotopic (exact) mass is 227 g/mol. The topological polar surface area (TPSA) is 86.5 Å². The smallest absolute Gasteiger partial charge is 0.325 e. The van der Waals surface area contributed by atoms with E-state index in [0.29, 0.717) is 12.3 Å². The molecule has 1 aromatic rings. The fraction of sp³-hybridized carbons (Fsp3) is 0.667. The van der Waals surface area contributed by atoms with Gasteiger partial charge in [-0.1, -0.05) is 5.21 Å². The number of hydrogen-bond acceptors (Lipinski definition) is 5. The van der Waals surface area contributed by atoms with Crippen LogP contribution in [0.2, 0.25) is 0 Å². The van der Waals surface area contributed by atoms with Crippen molar-refractivity contribution in [1.82, 2.24) is 15.0 Å². The first kappa shape index (κ1) is 11.0. The van der Waals surface area contributed by atoms with Crippen molar-refractivity contribution in [1.29, 1.82) is 0 Å². The summed E-state index contributed by atoms with van der Waals surface area (Å²) in [4.78, 5) is 10.5. The van der Waals surface area contributed by atoms with Crippen LogP contribution in [0.4, 0.5) is 0 Å². The van der Waals surface area contributed by atoms with E-state index in [0.717, 1.165) is 0 Å². The van der Waals surface area contributed by atoms with E-state index in [2.05, 4.69) is 10.3 Å². The number of nitrogens with zero attached hydrogens (tertiary/aromatic N) is 3. The zero-order valence-electron chi connectivity index (χ0n) is 9.08. The molecule has 1 aliphatic rings. The van der Waals surface area contributed by atoms with Gasteiger partial charge in [0.1, 0.15) is 18.3 Å². The average Bonchev–Trinajstić information content (AvgIpc) is 2.71. The zero-order valence-corrected chi connectivity index (χ0v) is 9.08. The first-order chi connectivity index (χ1) is 7.46. The number of carboxylic acids is 1. The maximum atomic E-state index is 10.5. The van der Waals surface area contributed by atoms with Gasteiger partial charge in [0.25, 0.3) is 0 Å². The molecule has 88 valence electrons. The van der Waals surface area contributed by atoms with Crippen molar-refractivity contribution >= 4 is 5.97 Å². The Balaban J connectivity index is 2.05. The van der Waals surface area contributed by atoms with Crippen molar-refractivity contribution in [2.24, 2.45) is 0 Å². The molecule has 0 spiro atoms. The third kappa shape index (κ3) is 2.37. The summed E-state index contributed by atoms with van der Waals surface area (Å²) in [5, 5.41) is 16.1. The quantitative estimate of drug-likeness (QED) is 0.793. The second-order valence-corrected chi connectivity index (χ2v) is 4.05. The Morgan fingerprint density at radius 1 is 1.75 bits per heavy atom. The van der Waals surface area contributed by atoms with Gasteiger partial charge in [-0.15, -0.1) is 5.10 Å². The molecule has 0 bridgehead atoms. The largest absolute Gasteiger partial charge is 0.480 e. The third-order valence-electron chi connectivity index (χ3n) is 2.19. The molecule has 0 saturated carbocycles. The van der Waals surface area contributed by atoms with Gasteiger partial charge in [-0.3, -0.25) is 4.79 Å². The van der Waals surface area contributed by atoms with E-state index < -0.39 is 11.8 Å². The van der Waals surface area contributed by atoms with E-state index in [9.17, 15) is 4.79 Å². The normalized spacial score (nSPS) is 23.5. The second-order valence-electron chi connectivity index (χ2n) is 4.05. The number of rotatable bonds is 3. The average molecular weight is 227 g/mol. The summed E-state index contributed by atoms with van der Waals surface area (Å²) in [6.45, 7) is 3.83. The first-order valence-electron chi connectivity index (χ1n) is 4.90.